The molecule has 0 fully saturated rings. The molecule has 0 saturated carbocycles. The van der Waals surface area contributed by atoms with E-state index < -0.39 is 11.6 Å². The minimum absolute atomic E-state index is 0.115. The summed E-state index contributed by atoms with van der Waals surface area (Å²) >= 11 is 0. The van der Waals surface area contributed by atoms with Gasteiger partial charge in [-0.15, -0.1) is 0 Å². The standard InChI is InChI=1S/C22H19F2N5O/c23-17-6-3-13(10-18(17)24)12-27-21(30)8-4-14-11-20(29-22(25)28-14)16-5-7-19-15(16)2-1-9-26-19/h1-3,5-6,9-11H,4,7-8,12H2,(H,27,30)(H2,25,28,29). The summed E-state index contributed by atoms with van der Waals surface area (Å²) < 4.78 is 26.2. The van der Waals surface area contributed by atoms with E-state index >= 15 is 0 Å². The number of nitrogen functional groups attached to an aromatic ring is 1. The highest BCUT2D eigenvalue weighted by molar-refractivity contribution is 5.82. The lowest BCUT2D eigenvalue weighted by atomic mass is 10.1. The fraction of sp³-hybridized carbons (Fsp3) is 0.182. The number of allylic oxidation sites excluding steroid dienone is 1. The number of halogens is 2. The molecule has 0 aliphatic heterocycles. The molecule has 2 heterocycles. The number of nitrogens with one attached hydrogen (secondary N) is 1. The van der Waals surface area contributed by atoms with E-state index in [2.05, 4.69) is 26.3 Å². The van der Waals surface area contributed by atoms with Crippen molar-refractivity contribution in [3.63, 3.8) is 0 Å². The monoisotopic (exact) mass is 407 g/mol. The summed E-state index contributed by atoms with van der Waals surface area (Å²) in [5.74, 6) is -1.95. The third-order valence-electron chi connectivity index (χ3n) is 4.83. The van der Waals surface area contributed by atoms with Crippen LogP contribution >= 0.6 is 0 Å². The predicted molar refractivity (Wildman–Crippen MR) is 108 cm³/mol. The first-order valence-electron chi connectivity index (χ1n) is 9.48. The Labute approximate surface area is 171 Å². The molecule has 1 aliphatic rings. The molecule has 1 aromatic carbocycles. The molecule has 1 amide bonds. The van der Waals surface area contributed by atoms with Gasteiger partial charge in [0.05, 0.1) is 11.4 Å². The van der Waals surface area contributed by atoms with Crippen molar-refractivity contribution in [1.29, 1.82) is 0 Å². The van der Waals surface area contributed by atoms with Gasteiger partial charge in [-0.3, -0.25) is 9.78 Å². The lowest BCUT2D eigenvalue weighted by molar-refractivity contribution is -0.121. The van der Waals surface area contributed by atoms with Crippen molar-refractivity contribution in [2.24, 2.45) is 0 Å². The lowest BCUT2D eigenvalue weighted by Gasteiger charge is -2.09. The maximum absolute atomic E-state index is 13.2. The second-order valence-corrected chi connectivity index (χ2v) is 6.95. The van der Waals surface area contributed by atoms with E-state index in [9.17, 15) is 13.6 Å². The first-order valence-corrected chi connectivity index (χ1v) is 9.48. The Morgan fingerprint density at radius 3 is 2.83 bits per heavy atom. The van der Waals surface area contributed by atoms with Crippen molar-refractivity contribution in [2.45, 2.75) is 25.8 Å². The second kappa shape index (κ2) is 8.36. The zero-order valence-electron chi connectivity index (χ0n) is 16.0. The minimum atomic E-state index is -0.941. The Morgan fingerprint density at radius 2 is 2.00 bits per heavy atom. The molecule has 0 radical (unpaired) electrons. The molecule has 0 saturated heterocycles. The molecule has 0 bridgehead atoms. The van der Waals surface area contributed by atoms with Gasteiger partial charge in [0.25, 0.3) is 0 Å². The fourth-order valence-electron chi connectivity index (χ4n) is 3.36. The number of rotatable bonds is 6. The first kappa shape index (κ1) is 19.6. The Morgan fingerprint density at radius 1 is 1.13 bits per heavy atom. The van der Waals surface area contributed by atoms with Crippen LogP contribution in [-0.4, -0.2) is 20.9 Å². The average molecular weight is 407 g/mol. The van der Waals surface area contributed by atoms with Gasteiger partial charge in [-0.25, -0.2) is 18.7 Å². The Hall–Kier alpha value is -3.68. The molecule has 0 spiro atoms. The van der Waals surface area contributed by atoms with Gasteiger partial charge in [-0.2, -0.15) is 0 Å². The van der Waals surface area contributed by atoms with Gasteiger partial charge >= 0.3 is 0 Å². The smallest absolute Gasteiger partial charge is 0.220 e. The van der Waals surface area contributed by atoms with E-state index in [0.717, 1.165) is 35.4 Å². The van der Waals surface area contributed by atoms with E-state index in [1.165, 1.54) is 6.07 Å². The van der Waals surface area contributed by atoms with Crippen LogP contribution in [0.15, 0.2) is 48.7 Å². The molecular formula is C22H19F2N5O. The normalized spacial score (nSPS) is 12.4. The molecule has 4 rings (SSSR count). The number of aromatic nitrogens is 3. The lowest BCUT2D eigenvalue weighted by Crippen LogP contribution is -2.23. The highest BCUT2D eigenvalue weighted by Gasteiger charge is 2.18. The number of benzene rings is 1. The van der Waals surface area contributed by atoms with Gasteiger partial charge in [0, 0.05) is 42.4 Å². The third-order valence-corrected chi connectivity index (χ3v) is 4.83. The maximum Gasteiger partial charge on any atom is 0.220 e. The number of amides is 1. The molecule has 30 heavy (non-hydrogen) atoms. The van der Waals surface area contributed by atoms with Crippen molar-refractivity contribution in [3.05, 3.63) is 88.5 Å². The van der Waals surface area contributed by atoms with Crippen LogP contribution < -0.4 is 11.1 Å². The topological polar surface area (TPSA) is 93.8 Å². The molecular weight excluding hydrogens is 388 g/mol. The highest BCUT2D eigenvalue weighted by atomic mass is 19.2. The van der Waals surface area contributed by atoms with Gasteiger partial charge in [0.15, 0.2) is 11.6 Å². The number of nitrogens with zero attached hydrogens (tertiary/aromatic N) is 3. The summed E-state index contributed by atoms with van der Waals surface area (Å²) in [5.41, 5.74) is 10.7. The van der Waals surface area contributed by atoms with E-state index in [1.54, 1.807) is 6.20 Å². The summed E-state index contributed by atoms with van der Waals surface area (Å²) in [6.07, 6.45) is 5.09. The number of fused-ring (bicyclic) bond motifs is 1. The molecule has 0 unspecified atom stereocenters. The maximum atomic E-state index is 13.2. The largest absolute Gasteiger partial charge is 0.368 e. The van der Waals surface area contributed by atoms with Crippen molar-refractivity contribution in [2.75, 3.05) is 5.73 Å². The van der Waals surface area contributed by atoms with Gasteiger partial charge < -0.3 is 11.1 Å². The van der Waals surface area contributed by atoms with Crippen LogP contribution in [0.5, 0.6) is 0 Å². The molecule has 0 atom stereocenters. The zero-order chi connectivity index (χ0) is 21.1. The summed E-state index contributed by atoms with van der Waals surface area (Å²) in [6.45, 7) is 0.115. The van der Waals surface area contributed by atoms with Crippen molar-refractivity contribution in [1.82, 2.24) is 20.3 Å². The van der Waals surface area contributed by atoms with Gasteiger partial charge in [0.2, 0.25) is 11.9 Å². The quantitative estimate of drug-likeness (QED) is 0.655. The van der Waals surface area contributed by atoms with Crippen LogP contribution in [0.1, 0.15) is 34.6 Å². The first-order chi connectivity index (χ1) is 14.5. The van der Waals surface area contributed by atoms with Crippen molar-refractivity contribution < 1.29 is 13.6 Å². The van der Waals surface area contributed by atoms with Crippen LogP contribution in [0.4, 0.5) is 14.7 Å². The molecule has 1 aliphatic carbocycles. The zero-order valence-corrected chi connectivity index (χ0v) is 16.0. The fourth-order valence-corrected chi connectivity index (χ4v) is 3.36. The van der Waals surface area contributed by atoms with Crippen LogP contribution in [-0.2, 0) is 24.2 Å². The molecule has 152 valence electrons. The minimum Gasteiger partial charge on any atom is -0.368 e. The molecule has 3 aromatic rings. The predicted octanol–water partition coefficient (Wildman–Crippen LogP) is 2.97. The number of carbonyl (C=O) groups is 1. The number of hydrogen-bond acceptors (Lipinski definition) is 5. The van der Waals surface area contributed by atoms with Gasteiger partial charge in [0.1, 0.15) is 0 Å². The highest BCUT2D eigenvalue weighted by Crippen LogP contribution is 2.30. The van der Waals surface area contributed by atoms with E-state index in [4.69, 9.17) is 5.73 Å². The Kier molecular flexibility index (Phi) is 5.47. The van der Waals surface area contributed by atoms with Crippen LogP contribution in [0.2, 0.25) is 0 Å². The van der Waals surface area contributed by atoms with Gasteiger partial charge in [-0.1, -0.05) is 18.2 Å². The number of pyridine rings is 1. The van der Waals surface area contributed by atoms with Crippen molar-refractivity contribution >= 4 is 17.4 Å². The van der Waals surface area contributed by atoms with Crippen LogP contribution in [0.25, 0.3) is 5.57 Å². The number of nitrogens with two attached hydrogens (primary N) is 1. The average Bonchev–Trinajstić information content (AvgIpc) is 3.17. The number of aryl methyl sites for hydroxylation is 1. The second-order valence-electron chi connectivity index (χ2n) is 6.95. The SMILES string of the molecule is Nc1nc(CCC(=O)NCc2ccc(F)c(F)c2)cc(C2=CCc3ncccc32)n1. The summed E-state index contributed by atoms with van der Waals surface area (Å²) in [4.78, 5) is 25.1. The molecule has 3 N–H and O–H groups in total. The number of anilines is 1. The number of carbonyl (C=O) groups excluding carboxylic acids is 1. The Bertz CT molecular complexity index is 1150. The molecule has 8 heteroatoms. The van der Waals surface area contributed by atoms with E-state index in [-0.39, 0.29) is 24.8 Å². The number of hydrogen-bond donors (Lipinski definition) is 2. The van der Waals surface area contributed by atoms with Crippen molar-refractivity contribution in [3.8, 4) is 0 Å². The molecule has 6 nitrogen and oxygen atoms in total. The summed E-state index contributed by atoms with van der Waals surface area (Å²) in [6, 6.07) is 9.22. The summed E-state index contributed by atoms with van der Waals surface area (Å²) in [7, 11) is 0. The van der Waals surface area contributed by atoms with E-state index in [0.29, 0.717) is 23.4 Å². The van der Waals surface area contributed by atoms with E-state index in [1.807, 2.05) is 18.2 Å². The van der Waals surface area contributed by atoms with Crippen LogP contribution in [0.3, 0.4) is 0 Å². The summed E-state index contributed by atoms with van der Waals surface area (Å²) in [5, 5.41) is 2.69. The van der Waals surface area contributed by atoms with Crippen LogP contribution in [0, 0.1) is 11.6 Å². The molecule has 2 aromatic heterocycles. The third kappa shape index (κ3) is 4.32. The van der Waals surface area contributed by atoms with Gasteiger partial charge in [-0.05, 0) is 36.2 Å². The Balaban J connectivity index is 1.39.